The number of imide groups is 1. The number of aryl methyl sites for hydroxylation is 2. The Morgan fingerprint density at radius 1 is 1.25 bits per heavy atom. The van der Waals surface area contributed by atoms with Gasteiger partial charge >= 0.3 is 11.9 Å². The van der Waals surface area contributed by atoms with Crippen LogP contribution in [0.25, 0.3) is 0 Å². The van der Waals surface area contributed by atoms with Crippen LogP contribution in [0.5, 0.6) is 0 Å². The summed E-state index contributed by atoms with van der Waals surface area (Å²) in [6, 6.07) is 8.68. The SMILES string of the molecule is Cc1ccc(NC(=O)CSC2=NC(c3ccco3)=NC3=[N+](C)C(=O)N(C)C(=O)C23)c(C)c1. The third kappa shape index (κ3) is 4.01. The molecule has 0 fully saturated rings. The van der Waals surface area contributed by atoms with Gasteiger partial charge in [0.2, 0.25) is 5.91 Å². The molecule has 0 spiro atoms. The molecule has 9 nitrogen and oxygen atoms in total. The standard InChI is InChI=1S/C22H21N5O4S/c1-12-7-8-14(13(2)10-12)23-16(28)11-32-20-17-19(26(3)22(30)27(4)21(17)29)24-18(25-20)15-6-5-9-31-15/h5-10,17H,11H2,1-4H3/p+1. The molecule has 1 aromatic heterocycles. The summed E-state index contributed by atoms with van der Waals surface area (Å²) in [5, 5.41) is 3.28. The monoisotopic (exact) mass is 452 g/mol. The molecular weight excluding hydrogens is 430 g/mol. The van der Waals surface area contributed by atoms with E-state index < -0.39 is 17.9 Å². The molecule has 1 unspecified atom stereocenters. The topological polar surface area (TPSA) is 107 Å². The van der Waals surface area contributed by atoms with Gasteiger partial charge in [0, 0.05) is 5.69 Å². The van der Waals surface area contributed by atoms with E-state index in [1.54, 1.807) is 19.2 Å². The van der Waals surface area contributed by atoms with Gasteiger partial charge < -0.3 is 9.73 Å². The Labute approximate surface area is 188 Å². The number of hydrogen-bond acceptors (Lipinski definition) is 7. The second-order valence-electron chi connectivity index (χ2n) is 7.55. The highest BCUT2D eigenvalue weighted by Crippen LogP contribution is 2.27. The van der Waals surface area contributed by atoms with Gasteiger partial charge in [0.15, 0.2) is 11.7 Å². The minimum Gasteiger partial charge on any atom is -0.459 e. The number of furan rings is 1. The molecule has 4 rings (SSSR count). The summed E-state index contributed by atoms with van der Waals surface area (Å²) in [6.45, 7) is 3.92. The van der Waals surface area contributed by atoms with Crippen LogP contribution < -0.4 is 5.32 Å². The molecule has 1 aromatic carbocycles. The predicted molar refractivity (Wildman–Crippen MR) is 123 cm³/mol. The van der Waals surface area contributed by atoms with Crippen LogP contribution in [0, 0.1) is 19.8 Å². The highest BCUT2D eigenvalue weighted by Gasteiger charge is 2.49. The number of carbonyl (C=O) groups excluding carboxylic acids is 3. The quantitative estimate of drug-likeness (QED) is 0.718. The van der Waals surface area contributed by atoms with Crippen LogP contribution in [0.4, 0.5) is 10.5 Å². The van der Waals surface area contributed by atoms with Crippen molar-refractivity contribution < 1.29 is 23.4 Å². The molecule has 32 heavy (non-hydrogen) atoms. The molecule has 0 saturated carbocycles. The summed E-state index contributed by atoms with van der Waals surface area (Å²) in [5.74, 6) is -0.579. The smallest absolute Gasteiger partial charge is 0.445 e. The lowest BCUT2D eigenvalue weighted by atomic mass is 10.0. The minimum atomic E-state index is -0.861. The van der Waals surface area contributed by atoms with Gasteiger partial charge in [0.05, 0.1) is 26.1 Å². The molecule has 2 aliphatic heterocycles. The van der Waals surface area contributed by atoms with Gasteiger partial charge in [-0.05, 0) is 37.6 Å². The second-order valence-corrected chi connectivity index (χ2v) is 8.54. The lowest BCUT2D eigenvalue weighted by molar-refractivity contribution is -0.407. The van der Waals surface area contributed by atoms with Crippen molar-refractivity contribution in [1.29, 1.82) is 0 Å². The Morgan fingerprint density at radius 2 is 2.03 bits per heavy atom. The number of anilines is 1. The van der Waals surface area contributed by atoms with Crippen molar-refractivity contribution in [2.75, 3.05) is 25.2 Å². The number of nitrogens with one attached hydrogen (secondary N) is 1. The Kier molecular flexibility index (Phi) is 5.79. The Balaban J connectivity index is 1.61. The number of hydrogen-bond donors (Lipinski definition) is 1. The summed E-state index contributed by atoms with van der Waals surface area (Å²) in [6.07, 6.45) is 1.49. The number of rotatable bonds is 4. The highest BCUT2D eigenvalue weighted by molar-refractivity contribution is 8.14. The molecule has 164 valence electrons. The fourth-order valence-electron chi connectivity index (χ4n) is 3.48. The lowest BCUT2D eigenvalue weighted by Gasteiger charge is -2.26. The summed E-state index contributed by atoms with van der Waals surface area (Å²) in [4.78, 5) is 47.9. The second kappa shape index (κ2) is 8.54. The van der Waals surface area contributed by atoms with Gasteiger partial charge in [-0.15, -0.1) is 0 Å². The number of fused-ring (bicyclic) bond motifs is 1. The third-order valence-corrected chi connectivity index (χ3v) is 6.21. The average Bonchev–Trinajstić information content (AvgIpc) is 3.31. The van der Waals surface area contributed by atoms with Gasteiger partial charge in [0.1, 0.15) is 5.04 Å². The fourth-order valence-corrected chi connectivity index (χ4v) is 4.36. The van der Waals surface area contributed by atoms with Crippen LogP contribution in [0.1, 0.15) is 16.9 Å². The van der Waals surface area contributed by atoms with Crippen LogP contribution in [0.3, 0.4) is 0 Å². The summed E-state index contributed by atoms with van der Waals surface area (Å²) < 4.78 is 6.72. The van der Waals surface area contributed by atoms with Gasteiger partial charge in [-0.25, -0.2) is 9.79 Å². The Hall–Kier alpha value is -3.53. The van der Waals surface area contributed by atoms with E-state index in [9.17, 15) is 14.4 Å². The molecule has 1 atom stereocenters. The predicted octanol–water partition coefficient (Wildman–Crippen LogP) is 2.68. The lowest BCUT2D eigenvalue weighted by Crippen LogP contribution is -2.54. The van der Waals surface area contributed by atoms with Gasteiger partial charge in [0.25, 0.3) is 11.7 Å². The van der Waals surface area contributed by atoms with Crippen molar-refractivity contribution in [3.8, 4) is 0 Å². The van der Waals surface area contributed by atoms with E-state index in [1.807, 2.05) is 32.0 Å². The maximum absolute atomic E-state index is 12.9. The Morgan fingerprint density at radius 3 is 2.72 bits per heavy atom. The summed E-state index contributed by atoms with van der Waals surface area (Å²) in [5.41, 5.74) is 2.80. The zero-order valence-electron chi connectivity index (χ0n) is 18.1. The zero-order valence-corrected chi connectivity index (χ0v) is 18.9. The molecule has 2 aromatic rings. The van der Waals surface area contributed by atoms with E-state index in [-0.39, 0.29) is 23.3 Å². The van der Waals surface area contributed by atoms with Crippen molar-refractivity contribution in [1.82, 2.24) is 4.90 Å². The molecule has 0 radical (unpaired) electrons. The molecule has 2 aliphatic rings. The first kappa shape index (κ1) is 21.7. The molecule has 10 heteroatoms. The van der Waals surface area contributed by atoms with Crippen molar-refractivity contribution >= 4 is 52.0 Å². The molecule has 4 amide bonds. The van der Waals surface area contributed by atoms with Crippen LogP contribution in [-0.4, -0.2) is 63.9 Å². The summed E-state index contributed by atoms with van der Waals surface area (Å²) in [7, 11) is 2.97. The highest BCUT2D eigenvalue weighted by atomic mass is 32.2. The summed E-state index contributed by atoms with van der Waals surface area (Å²) >= 11 is 1.14. The number of carbonyl (C=O) groups is 3. The first-order valence-corrected chi connectivity index (χ1v) is 10.9. The molecule has 3 heterocycles. The molecule has 0 bridgehead atoms. The van der Waals surface area contributed by atoms with E-state index in [0.29, 0.717) is 10.8 Å². The number of amides is 4. The normalized spacial score (nSPS) is 18.4. The number of aliphatic imine (C=N–C) groups is 2. The van der Waals surface area contributed by atoms with Gasteiger partial charge in [-0.3, -0.25) is 9.59 Å². The number of nitrogens with zero attached hydrogens (tertiary/aromatic N) is 4. The van der Waals surface area contributed by atoms with E-state index in [1.165, 1.54) is 17.9 Å². The Bertz CT molecular complexity index is 1210. The largest absolute Gasteiger partial charge is 0.459 e. The number of thioether (sulfide) groups is 1. The van der Waals surface area contributed by atoms with Crippen molar-refractivity contribution in [2.45, 2.75) is 13.8 Å². The van der Waals surface area contributed by atoms with Crippen LogP contribution in [0.15, 0.2) is 51.0 Å². The van der Waals surface area contributed by atoms with E-state index in [2.05, 4.69) is 15.3 Å². The number of benzene rings is 1. The molecule has 0 saturated heterocycles. The van der Waals surface area contributed by atoms with E-state index in [4.69, 9.17) is 4.42 Å². The molecule has 1 N–H and O–H groups in total. The van der Waals surface area contributed by atoms with Crippen molar-refractivity contribution in [3.63, 3.8) is 0 Å². The van der Waals surface area contributed by atoms with Gasteiger partial charge in [-0.2, -0.15) is 9.48 Å². The van der Waals surface area contributed by atoms with Crippen LogP contribution in [0.2, 0.25) is 0 Å². The van der Waals surface area contributed by atoms with E-state index >= 15 is 0 Å². The van der Waals surface area contributed by atoms with E-state index in [0.717, 1.165) is 33.5 Å². The maximum atomic E-state index is 12.9. The molecule has 0 aliphatic carbocycles. The number of urea groups is 1. The number of amidine groups is 2. The van der Waals surface area contributed by atoms with Crippen LogP contribution in [-0.2, 0) is 9.59 Å². The first-order chi connectivity index (χ1) is 15.3. The molecular formula is C22H22N5O4S+. The average molecular weight is 453 g/mol. The fraction of sp³-hybridized carbons (Fsp3) is 0.273. The van der Waals surface area contributed by atoms with Gasteiger partial charge in [-0.1, -0.05) is 34.5 Å². The zero-order chi connectivity index (χ0) is 23.0. The minimum absolute atomic E-state index is 0.0377. The first-order valence-electron chi connectivity index (χ1n) is 9.89. The van der Waals surface area contributed by atoms with Crippen LogP contribution >= 0.6 is 11.8 Å². The maximum Gasteiger partial charge on any atom is 0.445 e. The third-order valence-electron chi connectivity index (χ3n) is 5.19. The van der Waals surface area contributed by atoms with Crippen molar-refractivity contribution in [3.05, 3.63) is 53.5 Å². The van der Waals surface area contributed by atoms with Crippen molar-refractivity contribution in [2.24, 2.45) is 15.9 Å².